The molecule has 1 aromatic carbocycles. The highest BCUT2D eigenvalue weighted by Gasteiger charge is 2.24. The number of aryl methyl sites for hydroxylation is 1. The van der Waals surface area contributed by atoms with Gasteiger partial charge in [0.05, 0.1) is 17.3 Å². The van der Waals surface area contributed by atoms with Crippen molar-refractivity contribution in [2.75, 3.05) is 6.54 Å². The summed E-state index contributed by atoms with van der Waals surface area (Å²) < 4.78 is 1.67. The maximum absolute atomic E-state index is 13.0. The minimum atomic E-state index is -0.0982. The molecule has 0 radical (unpaired) electrons. The smallest absolute Gasteiger partial charge is 0.272 e. The lowest BCUT2D eigenvalue weighted by molar-refractivity contribution is 0.0732. The average molecular weight is 338 g/mol. The van der Waals surface area contributed by atoms with Crippen molar-refractivity contribution >= 4 is 5.91 Å². The number of hydrogen-bond acceptors (Lipinski definition) is 3. The largest absolute Gasteiger partial charge is 0.333 e. The summed E-state index contributed by atoms with van der Waals surface area (Å²) >= 11 is 0. The molecule has 1 aromatic heterocycles. The molecule has 5 nitrogen and oxygen atoms in total. The van der Waals surface area contributed by atoms with E-state index < -0.39 is 0 Å². The molecule has 0 aliphatic heterocycles. The Morgan fingerprint density at radius 1 is 1.28 bits per heavy atom. The Morgan fingerprint density at radius 3 is 2.40 bits per heavy atom. The lowest BCUT2D eigenvalue weighted by Gasteiger charge is -2.22. The summed E-state index contributed by atoms with van der Waals surface area (Å²) in [4.78, 5) is 14.9. The van der Waals surface area contributed by atoms with E-state index in [1.54, 1.807) is 16.8 Å². The molecule has 1 amide bonds. The van der Waals surface area contributed by atoms with Crippen molar-refractivity contribution in [1.82, 2.24) is 14.7 Å². The van der Waals surface area contributed by atoms with E-state index >= 15 is 0 Å². The van der Waals surface area contributed by atoms with Crippen LogP contribution < -0.4 is 0 Å². The Hall–Kier alpha value is -2.61. The van der Waals surface area contributed by atoms with Gasteiger partial charge in [-0.05, 0) is 30.2 Å². The van der Waals surface area contributed by atoms with Crippen LogP contribution in [0.5, 0.6) is 0 Å². The Bertz CT molecular complexity index is 776. The first-order chi connectivity index (χ1) is 11.8. The van der Waals surface area contributed by atoms with Crippen LogP contribution >= 0.6 is 0 Å². The van der Waals surface area contributed by atoms with E-state index in [2.05, 4.69) is 38.9 Å². The molecular weight excluding hydrogens is 312 g/mol. The quantitative estimate of drug-likeness (QED) is 0.836. The molecular formula is C20H26N4O. The zero-order chi connectivity index (χ0) is 18.6. The zero-order valence-corrected chi connectivity index (χ0v) is 15.7. The predicted molar refractivity (Wildman–Crippen MR) is 98.1 cm³/mol. The van der Waals surface area contributed by atoms with Gasteiger partial charge in [-0.25, -0.2) is 0 Å². The molecule has 0 atom stereocenters. The number of carbonyl (C=O) groups is 1. The van der Waals surface area contributed by atoms with E-state index in [1.165, 1.54) is 0 Å². The van der Waals surface area contributed by atoms with Crippen LogP contribution in [-0.2, 0) is 19.0 Å². The number of benzene rings is 1. The molecule has 0 saturated carbocycles. The van der Waals surface area contributed by atoms with Crippen molar-refractivity contribution in [1.29, 1.82) is 5.26 Å². The highest BCUT2D eigenvalue weighted by atomic mass is 16.2. The normalized spacial score (nSPS) is 11.2. The third-order valence-electron chi connectivity index (χ3n) is 4.10. The van der Waals surface area contributed by atoms with Crippen LogP contribution in [0.2, 0.25) is 0 Å². The maximum atomic E-state index is 13.0. The van der Waals surface area contributed by atoms with Gasteiger partial charge in [-0.2, -0.15) is 10.4 Å². The molecule has 0 aliphatic carbocycles. The van der Waals surface area contributed by atoms with Crippen LogP contribution in [0.1, 0.15) is 61.4 Å². The monoisotopic (exact) mass is 338 g/mol. The van der Waals surface area contributed by atoms with Gasteiger partial charge in [0.1, 0.15) is 5.69 Å². The minimum absolute atomic E-state index is 0.0169. The van der Waals surface area contributed by atoms with E-state index in [0.717, 1.165) is 17.7 Å². The molecule has 0 unspecified atom stereocenters. The number of aromatic nitrogens is 2. The van der Waals surface area contributed by atoms with Gasteiger partial charge >= 0.3 is 0 Å². The van der Waals surface area contributed by atoms with Crippen LogP contribution in [0, 0.1) is 11.3 Å². The standard InChI is InChI=1S/C20H26N4O/c1-6-11-24(14-16-9-7-15(13-21)8-10-16)19(25)17-12-18(20(2,3)4)22-23(17)5/h7-10,12H,6,11,14H2,1-5H3. The number of rotatable bonds is 5. The Kier molecular flexibility index (Phi) is 5.63. The van der Waals surface area contributed by atoms with Crippen LogP contribution in [0.3, 0.4) is 0 Å². The first-order valence-corrected chi connectivity index (χ1v) is 8.59. The molecule has 2 aromatic rings. The van der Waals surface area contributed by atoms with E-state index in [1.807, 2.05) is 30.1 Å². The minimum Gasteiger partial charge on any atom is -0.333 e. The summed E-state index contributed by atoms with van der Waals surface area (Å²) in [6.07, 6.45) is 0.881. The van der Waals surface area contributed by atoms with Crippen LogP contribution in [0.25, 0.3) is 0 Å². The second kappa shape index (κ2) is 7.52. The molecule has 1 heterocycles. The first kappa shape index (κ1) is 18.7. The van der Waals surface area contributed by atoms with Crippen LogP contribution in [0.4, 0.5) is 0 Å². The Balaban J connectivity index is 2.25. The van der Waals surface area contributed by atoms with E-state index in [-0.39, 0.29) is 11.3 Å². The van der Waals surface area contributed by atoms with Crippen molar-refractivity contribution in [3.8, 4) is 6.07 Å². The highest BCUT2D eigenvalue weighted by molar-refractivity contribution is 5.92. The van der Waals surface area contributed by atoms with Gasteiger partial charge in [-0.15, -0.1) is 0 Å². The van der Waals surface area contributed by atoms with Crippen LogP contribution in [-0.4, -0.2) is 27.1 Å². The fraction of sp³-hybridized carbons (Fsp3) is 0.450. The van der Waals surface area contributed by atoms with Crippen molar-refractivity contribution in [2.24, 2.45) is 7.05 Å². The molecule has 25 heavy (non-hydrogen) atoms. The van der Waals surface area contributed by atoms with Crippen molar-refractivity contribution in [2.45, 2.75) is 46.1 Å². The Morgan fingerprint density at radius 2 is 1.92 bits per heavy atom. The molecule has 0 aliphatic rings. The zero-order valence-electron chi connectivity index (χ0n) is 15.7. The maximum Gasteiger partial charge on any atom is 0.272 e. The summed E-state index contributed by atoms with van der Waals surface area (Å²) in [5.41, 5.74) is 3.05. The van der Waals surface area contributed by atoms with Gasteiger partial charge in [-0.1, -0.05) is 39.8 Å². The molecule has 0 spiro atoms. The summed E-state index contributed by atoms with van der Waals surface area (Å²) in [6, 6.07) is 11.4. The van der Waals surface area contributed by atoms with E-state index in [9.17, 15) is 4.79 Å². The Labute approximate surface area is 149 Å². The number of nitriles is 1. The number of amides is 1. The van der Waals surface area contributed by atoms with Gasteiger partial charge in [0, 0.05) is 25.6 Å². The summed E-state index contributed by atoms with van der Waals surface area (Å²) in [6.45, 7) is 9.52. The van der Waals surface area contributed by atoms with E-state index in [4.69, 9.17) is 5.26 Å². The molecule has 2 rings (SSSR count). The fourth-order valence-corrected chi connectivity index (χ4v) is 2.62. The van der Waals surface area contributed by atoms with Gasteiger partial charge in [0.2, 0.25) is 0 Å². The molecule has 0 N–H and O–H groups in total. The van der Waals surface area contributed by atoms with Crippen molar-refractivity contribution < 1.29 is 4.79 Å². The van der Waals surface area contributed by atoms with Gasteiger partial charge in [-0.3, -0.25) is 9.48 Å². The molecule has 0 saturated heterocycles. The average Bonchev–Trinajstić information content (AvgIpc) is 2.96. The van der Waals surface area contributed by atoms with E-state index in [0.29, 0.717) is 24.3 Å². The lowest BCUT2D eigenvalue weighted by Crippen LogP contribution is -2.32. The summed E-state index contributed by atoms with van der Waals surface area (Å²) in [5, 5.41) is 13.4. The SMILES string of the molecule is CCCN(Cc1ccc(C#N)cc1)C(=O)c1cc(C(C)(C)C)nn1C. The third-order valence-corrected chi connectivity index (χ3v) is 4.10. The number of hydrogen-bond donors (Lipinski definition) is 0. The van der Waals surface area contributed by atoms with Gasteiger partial charge < -0.3 is 4.90 Å². The molecule has 0 bridgehead atoms. The number of nitrogens with zero attached hydrogens (tertiary/aromatic N) is 4. The van der Waals surface area contributed by atoms with Crippen molar-refractivity contribution in [3.05, 3.63) is 52.8 Å². The third kappa shape index (κ3) is 4.48. The molecule has 132 valence electrons. The second-order valence-electron chi connectivity index (χ2n) is 7.32. The topological polar surface area (TPSA) is 61.9 Å². The predicted octanol–water partition coefficient (Wildman–Crippen LogP) is 3.64. The molecule has 5 heteroatoms. The lowest BCUT2D eigenvalue weighted by atomic mass is 9.92. The van der Waals surface area contributed by atoms with Gasteiger partial charge in [0.25, 0.3) is 5.91 Å². The summed E-state index contributed by atoms with van der Waals surface area (Å²) in [5.74, 6) is -0.0169. The van der Waals surface area contributed by atoms with Crippen LogP contribution in [0.15, 0.2) is 30.3 Å². The first-order valence-electron chi connectivity index (χ1n) is 8.59. The molecule has 0 fully saturated rings. The summed E-state index contributed by atoms with van der Waals surface area (Å²) in [7, 11) is 1.81. The number of carbonyl (C=O) groups excluding carboxylic acids is 1. The highest BCUT2D eigenvalue weighted by Crippen LogP contribution is 2.22. The fourth-order valence-electron chi connectivity index (χ4n) is 2.62. The van der Waals surface area contributed by atoms with Crippen molar-refractivity contribution in [3.63, 3.8) is 0 Å². The van der Waals surface area contributed by atoms with Gasteiger partial charge in [0.15, 0.2) is 0 Å². The second-order valence-corrected chi connectivity index (χ2v) is 7.32.